The van der Waals surface area contributed by atoms with Gasteiger partial charge >= 0.3 is 0 Å². The van der Waals surface area contributed by atoms with Gasteiger partial charge in [-0.15, -0.1) is 0 Å². The molecular weight excluding hydrogens is 380 g/mol. The quantitative estimate of drug-likeness (QED) is 0.757. The van der Waals surface area contributed by atoms with Crippen LogP contribution >= 0.6 is 0 Å². The first-order valence-electron chi connectivity index (χ1n) is 11.0. The van der Waals surface area contributed by atoms with Gasteiger partial charge in [-0.25, -0.2) is 0 Å². The Morgan fingerprint density at radius 2 is 2.17 bits per heavy atom. The Morgan fingerprint density at radius 1 is 1.33 bits per heavy atom. The highest BCUT2D eigenvalue weighted by molar-refractivity contribution is 5.94. The van der Waals surface area contributed by atoms with E-state index in [9.17, 15) is 4.79 Å². The summed E-state index contributed by atoms with van der Waals surface area (Å²) in [6.07, 6.45) is 3.14. The van der Waals surface area contributed by atoms with E-state index in [2.05, 4.69) is 21.8 Å². The molecule has 2 aromatic rings. The summed E-state index contributed by atoms with van der Waals surface area (Å²) in [5.41, 5.74) is 4.48. The minimum Gasteiger partial charge on any atom is -0.497 e. The lowest BCUT2D eigenvalue weighted by molar-refractivity contribution is 0.0934. The third-order valence-corrected chi connectivity index (χ3v) is 6.24. The number of carbonyl (C=O) groups excluding carboxylic acids is 1. The fourth-order valence-corrected chi connectivity index (χ4v) is 4.43. The monoisotopic (exact) mass is 412 g/mol. The van der Waals surface area contributed by atoms with Crippen molar-refractivity contribution in [3.8, 4) is 5.75 Å². The van der Waals surface area contributed by atoms with E-state index < -0.39 is 0 Å². The fraction of sp³-hybridized carbons (Fsp3) is 0.565. The molecule has 7 heteroatoms. The van der Waals surface area contributed by atoms with E-state index in [0.717, 1.165) is 58.6 Å². The van der Waals surface area contributed by atoms with Crippen LogP contribution in [0.5, 0.6) is 5.75 Å². The van der Waals surface area contributed by atoms with E-state index in [0.29, 0.717) is 23.8 Å². The van der Waals surface area contributed by atoms with Crippen LogP contribution in [-0.2, 0) is 30.9 Å². The van der Waals surface area contributed by atoms with Crippen molar-refractivity contribution >= 4 is 5.91 Å². The topological polar surface area (TPSA) is 68.6 Å². The largest absolute Gasteiger partial charge is 0.497 e. The number of hydrogen-bond donors (Lipinski definition) is 1. The Labute approximate surface area is 178 Å². The second-order valence-corrected chi connectivity index (χ2v) is 8.15. The van der Waals surface area contributed by atoms with Crippen LogP contribution in [0.25, 0.3) is 0 Å². The van der Waals surface area contributed by atoms with Gasteiger partial charge < -0.3 is 14.8 Å². The number of piperidine rings is 1. The Bertz CT molecular complexity index is 871. The summed E-state index contributed by atoms with van der Waals surface area (Å²) in [6, 6.07) is 7.28. The van der Waals surface area contributed by atoms with E-state index in [-0.39, 0.29) is 5.91 Å². The molecule has 1 fully saturated rings. The number of fused-ring (bicyclic) bond motifs is 1. The van der Waals surface area contributed by atoms with Gasteiger partial charge in [-0.1, -0.05) is 6.07 Å². The number of hydrogen-bond acceptors (Lipinski definition) is 5. The lowest BCUT2D eigenvalue weighted by Crippen LogP contribution is -2.38. The van der Waals surface area contributed by atoms with Gasteiger partial charge in [-0.2, -0.15) is 5.10 Å². The number of methoxy groups -OCH3 is 1. The lowest BCUT2D eigenvalue weighted by Gasteiger charge is -2.31. The predicted octanol–water partition coefficient (Wildman–Crippen LogP) is 2.63. The molecule has 4 rings (SSSR count). The number of ether oxygens (including phenoxy) is 2. The normalized spacial score (nSPS) is 17.5. The molecule has 1 amide bonds. The van der Waals surface area contributed by atoms with E-state index >= 15 is 0 Å². The summed E-state index contributed by atoms with van der Waals surface area (Å²) < 4.78 is 13.0. The number of benzene rings is 1. The fourth-order valence-electron chi connectivity index (χ4n) is 4.43. The van der Waals surface area contributed by atoms with Crippen LogP contribution in [0.3, 0.4) is 0 Å². The lowest BCUT2D eigenvalue weighted by atomic mass is 9.96. The van der Waals surface area contributed by atoms with Gasteiger partial charge in [-0.3, -0.25) is 14.4 Å². The number of aromatic nitrogens is 2. The standard InChI is InChI=1S/C23H32N4O3/c1-3-27-22-9-12-30-16-20(22)21(25-27)15-26-10-7-17(8-11-26)14-24-23(28)18-5-4-6-19(13-18)29-2/h4-6,13,17H,3,7-12,14-16H2,1-2H3,(H,24,28). The zero-order chi connectivity index (χ0) is 20.9. The molecule has 30 heavy (non-hydrogen) atoms. The molecule has 0 unspecified atom stereocenters. The number of carbonyl (C=O) groups is 1. The first-order valence-corrected chi connectivity index (χ1v) is 11.0. The highest BCUT2D eigenvalue weighted by Gasteiger charge is 2.25. The summed E-state index contributed by atoms with van der Waals surface area (Å²) in [5.74, 6) is 1.18. The van der Waals surface area contributed by atoms with E-state index in [1.807, 2.05) is 18.2 Å². The zero-order valence-electron chi connectivity index (χ0n) is 18.0. The van der Waals surface area contributed by atoms with E-state index in [1.54, 1.807) is 13.2 Å². The molecule has 1 N–H and O–H groups in total. The van der Waals surface area contributed by atoms with Crippen LogP contribution in [0.4, 0.5) is 0 Å². The molecule has 0 radical (unpaired) electrons. The van der Waals surface area contributed by atoms with Crippen molar-refractivity contribution in [2.75, 3.05) is 33.4 Å². The molecule has 3 heterocycles. The first kappa shape index (κ1) is 20.9. The van der Waals surface area contributed by atoms with Crippen LogP contribution in [0, 0.1) is 5.92 Å². The van der Waals surface area contributed by atoms with E-state index in [1.165, 1.54) is 17.0 Å². The number of aryl methyl sites for hydroxylation is 1. The van der Waals surface area contributed by atoms with Crippen LogP contribution in [0.2, 0.25) is 0 Å². The average molecular weight is 413 g/mol. The smallest absolute Gasteiger partial charge is 0.251 e. The number of amides is 1. The van der Waals surface area contributed by atoms with Crippen LogP contribution < -0.4 is 10.1 Å². The molecule has 1 aromatic carbocycles. The molecule has 1 aromatic heterocycles. The molecular formula is C23H32N4O3. The Morgan fingerprint density at radius 3 is 2.93 bits per heavy atom. The van der Waals surface area contributed by atoms with Gasteiger partial charge in [0.15, 0.2) is 0 Å². The van der Waals surface area contributed by atoms with Crippen LogP contribution in [0.15, 0.2) is 24.3 Å². The maximum absolute atomic E-state index is 12.4. The summed E-state index contributed by atoms with van der Waals surface area (Å²) in [5, 5.41) is 7.95. The van der Waals surface area contributed by atoms with Gasteiger partial charge in [0, 0.05) is 42.9 Å². The number of nitrogens with zero attached hydrogens (tertiary/aromatic N) is 3. The highest BCUT2D eigenvalue weighted by atomic mass is 16.5. The Balaban J connectivity index is 1.26. The molecule has 2 aliphatic heterocycles. The van der Waals surface area contributed by atoms with Crippen molar-refractivity contribution < 1.29 is 14.3 Å². The summed E-state index contributed by atoms with van der Waals surface area (Å²) in [4.78, 5) is 14.9. The Hall–Kier alpha value is -2.38. The molecule has 0 spiro atoms. The van der Waals surface area contributed by atoms with Gasteiger partial charge in [0.2, 0.25) is 0 Å². The molecule has 0 saturated carbocycles. The highest BCUT2D eigenvalue weighted by Crippen LogP contribution is 2.24. The van der Waals surface area contributed by atoms with Gasteiger partial charge in [-0.05, 0) is 57.0 Å². The summed E-state index contributed by atoms with van der Waals surface area (Å²) >= 11 is 0. The zero-order valence-corrected chi connectivity index (χ0v) is 18.0. The molecule has 0 aliphatic carbocycles. The van der Waals surface area contributed by atoms with Crippen molar-refractivity contribution in [2.24, 2.45) is 5.92 Å². The first-order chi connectivity index (χ1) is 14.7. The SMILES string of the molecule is CCn1nc(CN2CCC(CNC(=O)c3cccc(OC)c3)CC2)c2c1CCOC2. The van der Waals surface area contributed by atoms with Crippen molar-refractivity contribution in [2.45, 2.75) is 45.9 Å². The molecule has 1 saturated heterocycles. The third kappa shape index (κ3) is 4.68. The van der Waals surface area contributed by atoms with E-state index in [4.69, 9.17) is 14.6 Å². The second-order valence-electron chi connectivity index (χ2n) is 8.15. The maximum atomic E-state index is 12.4. The van der Waals surface area contributed by atoms with Crippen molar-refractivity contribution in [1.29, 1.82) is 0 Å². The predicted molar refractivity (Wildman–Crippen MR) is 115 cm³/mol. The molecule has 2 aliphatic rings. The summed E-state index contributed by atoms with van der Waals surface area (Å²) in [7, 11) is 1.61. The minimum absolute atomic E-state index is 0.0342. The second kappa shape index (κ2) is 9.62. The van der Waals surface area contributed by atoms with Crippen molar-refractivity contribution in [3.05, 3.63) is 46.8 Å². The van der Waals surface area contributed by atoms with Gasteiger partial charge in [0.1, 0.15) is 5.75 Å². The van der Waals surface area contributed by atoms with Gasteiger partial charge in [0.05, 0.1) is 26.0 Å². The maximum Gasteiger partial charge on any atom is 0.251 e. The van der Waals surface area contributed by atoms with Crippen LogP contribution in [0.1, 0.15) is 47.1 Å². The van der Waals surface area contributed by atoms with Crippen LogP contribution in [-0.4, -0.2) is 53.9 Å². The van der Waals surface area contributed by atoms with Crippen molar-refractivity contribution in [1.82, 2.24) is 20.0 Å². The molecule has 0 atom stereocenters. The Kier molecular flexibility index (Phi) is 6.69. The third-order valence-electron chi connectivity index (χ3n) is 6.24. The molecule has 7 nitrogen and oxygen atoms in total. The minimum atomic E-state index is -0.0342. The average Bonchev–Trinajstić information content (AvgIpc) is 3.16. The van der Waals surface area contributed by atoms with Gasteiger partial charge in [0.25, 0.3) is 5.91 Å². The summed E-state index contributed by atoms with van der Waals surface area (Å²) in [6.45, 7) is 8.24. The molecule has 162 valence electrons. The number of nitrogens with one attached hydrogen (secondary N) is 1. The number of rotatable bonds is 7. The number of likely N-dealkylation sites (tertiary alicyclic amines) is 1. The molecule has 0 bridgehead atoms. The van der Waals surface area contributed by atoms with Crippen molar-refractivity contribution in [3.63, 3.8) is 0 Å².